The molecule has 1 amide bonds. The van der Waals surface area contributed by atoms with E-state index in [0.29, 0.717) is 6.54 Å². The number of rotatable bonds is 3. The van der Waals surface area contributed by atoms with Gasteiger partial charge in [-0.15, -0.1) is 0 Å². The topological polar surface area (TPSA) is 49.3 Å². The molecule has 1 aromatic carbocycles. The number of nitrogens with zero attached hydrogens (tertiary/aromatic N) is 4. The van der Waals surface area contributed by atoms with Crippen molar-refractivity contribution < 1.29 is 4.79 Å². The first kappa shape index (κ1) is 17.9. The van der Waals surface area contributed by atoms with Gasteiger partial charge in [0, 0.05) is 50.3 Å². The average Bonchev–Trinajstić information content (AvgIpc) is 3.31. The number of amides is 1. The lowest BCUT2D eigenvalue weighted by Gasteiger charge is -2.26. The number of aromatic nitrogens is 2. The molecule has 2 aromatic heterocycles. The SMILES string of the molecule is Cc1ccc(C(=O)N2CCC3(C2)CN(Cc2cccnc2)c2cccnc23)cc1. The summed E-state index contributed by atoms with van der Waals surface area (Å²) >= 11 is 0. The number of benzene rings is 1. The van der Waals surface area contributed by atoms with E-state index in [2.05, 4.69) is 22.0 Å². The number of likely N-dealkylation sites (tertiary alicyclic amines) is 1. The number of aryl methyl sites for hydroxylation is 1. The van der Waals surface area contributed by atoms with Crippen LogP contribution >= 0.6 is 0 Å². The number of fused-ring (bicyclic) bond motifs is 2. The molecule has 4 heterocycles. The van der Waals surface area contributed by atoms with Crippen LogP contribution in [0.1, 0.15) is 33.6 Å². The Morgan fingerprint density at radius 3 is 2.69 bits per heavy atom. The monoisotopic (exact) mass is 384 g/mol. The summed E-state index contributed by atoms with van der Waals surface area (Å²) in [4.78, 5) is 26.5. The summed E-state index contributed by atoms with van der Waals surface area (Å²) in [5, 5.41) is 0. The first-order valence-electron chi connectivity index (χ1n) is 10.1. The van der Waals surface area contributed by atoms with Gasteiger partial charge in [-0.05, 0) is 49.2 Å². The smallest absolute Gasteiger partial charge is 0.253 e. The Kier molecular flexibility index (Phi) is 4.31. The molecule has 1 unspecified atom stereocenters. The molecule has 146 valence electrons. The van der Waals surface area contributed by atoms with Gasteiger partial charge in [-0.1, -0.05) is 23.8 Å². The fraction of sp³-hybridized carbons (Fsp3) is 0.292. The summed E-state index contributed by atoms with van der Waals surface area (Å²) in [7, 11) is 0. The van der Waals surface area contributed by atoms with E-state index in [9.17, 15) is 4.79 Å². The van der Waals surface area contributed by atoms with Crippen molar-refractivity contribution in [1.29, 1.82) is 0 Å². The lowest BCUT2D eigenvalue weighted by molar-refractivity contribution is 0.0784. The quantitative estimate of drug-likeness (QED) is 0.692. The van der Waals surface area contributed by atoms with Gasteiger partial charge in [0.05, 0.1) is 16.8 Å². The predicted molar refractivity (Wildman–Crippen MR) is 113 cm³/mol. The summed E-state index contributed by atoms with van der Waals surface area (Å²) in [5.74, 6) is 0.116. The molecule has 0 radical (unpaired) electrons. The van der Waals surface area contributed by atoms with Crippen molar-refractivity contribution in [3.8, 4) is 0 Å². The number of hydrogen-bond donors (Lipinski definition) is 0. The lowest BCUT2D eigenvalue weighted by atomic mass is 9.85. The zero-order valence-electron chi connectivity index (χ0n) is 16.6. The van der Waals surface area contributed by atoms with E-state index < -0.39 is 0 Å². The number of carbonyl (C=O) groups is 1. The van der Waals surface area contributed by atoms with Crippen LogP contribution in [-0.4, -0.2) is 40.4 Å². The van der Waals surface area contributed by atoms with Crippen LogP contribution < -0.4 is 4.90 Å². The van der Waals surface area contributed by atoms with E-state index >= 15 is 0 Å². The second-order valence-corrected chi connectivity index (χ2v) is 8.21. The van der Waals surface area contributed by atoms with E-state index in [1.54, 1.807) is 6.20 Å². The van der Waals surface area contributed by atoms with E-state index in [-0.39, 0.29) is 11.3 Å². The minimum atomic E-state index is -0.0981. The van der Waals surface area contributed by atoms with E-state index in [0.717, 1.165) is 37.3 Å². The molecule has 0 bridgehead atoms. The maximum atomic E-state index is 13.1. The van der Waals surface area contributed by atoms with Crippen LogP contribution in [0.4, 0.5) is 5.69 Å². The van der Waals surface area contributed by atoms with Gasteiger partial charge in [-0.2, -0.15) is 0 Å². The number of anilines is 1. The van der Waals surface area contributed by atoms with Gasteiger partial charge in [0.1, 0.15) is 0 Å². The van der Waals surface area contributed by atoms with Gasteiger partial charge >= 0.3 is 0 Å². The largest absolute Gasteiger partial charge is 0.365 e. The molecule has 1 saturated heterocycles. The Morgan fingerprint density at radius 2 is 1.90 bits per heavy atom. The molecule has 1 fully saturated rings. The highest BCUT2D eigenvalue weighted by Crippen LogP contribution is 2.45. The minimum Gasteiger partial charge on any atom is -0.365 e. The molecule has 1 spiro atoms. The first-order chi connectivity index (χ1) is 14.1. The molecule has 3 aromatic rings. The van der Waals surface area contributed by atoms with Crippen LogP contribution in [0.5, 0.6) is 0 Å². The number of carbonyl (C=O) groups excluding carboxylic acids is 1. The van der Waals surface area contributed by atoms with Crippen LogP contribution in [0.25, 0.3) is 0 Å². The lowest BCUT2D eigenvalue weighted by Crippen LogP contribution is -2.38. The Bertz CT molecular complexity index is 1030. The van der Waals surface area contributed by atoms with Gasteiger partial charge < -0.3 is 9.80 Å². The third kappa shape index (κ3) is 3.16. The third-order valence-corrected chi connectivity index (χ3v) is 6.16. The van der Waals surface area contributed by atoms with Crippen molar-refractivity contribution in [3.05, 3.63) is 89.5 Å². The van der Waals surface area contributed by atoms with Crippen LogP contribution in [0.3, 0.4) is 0 Å². The Labute approximate surface area is 171 Å². The summed E-state index contributed by atoms with van der Waals surface area (Å²) in [6.45, 7) is 5.21. The highest BCUT2D eigenvalue weighted by Gasteiger charge is 2.49. The summed E-state index contributed by atoms with van der Waals surface area (Å²) in [6.07, 6.45) is 6.54. The predicted octanol–water partition coefficient (Wildman–Crippen LogP) is 3.59. The van der Waals surface area contributed by atoms with Gasteiger partial charge in [0.25, 0.3) is 5.91 Å². The third-order valence-electron chi connectivity index (χ3n) is 6.16. The van der Waals surface area contributed by atoms with Crippen molar-refractivity contribution in [2.75, 3.05) is 24.5 Å². The Balaban J connectivity index is 1.41. The zero-order chi connectivity index (χ0) is 19.8. The molecular weight excluding hydrogens is 360 g/mol. The highest BCUT2D eigenvalue weighted by atomic mass is 16.2. The van der Waals surface area contributed by atoms with E-state index in [4.69, 9.17) is 4.98 Å². The van der Waals surface area contributed by atoms with Crippen LogP contribution in [-0.2, 0) is 12.0 Å². The molecule has 29 heavy (non-hydrogen) atoms. The van der Waals surface area contributed by atoms with E-state index in [1.165, 1.54) is 16.8 Å². The van der Waals surface area contributed by atoms with Crippen molar-refractivity contribution in [1.82, 2.24) is 14.9 Å². The van der Waals surface area contributed by atoms with Gasteiger partial charge in [-0.25, -0.2) is 0 Å². The first-order valence-corrected chi connectivity index (χ1v) is 10.1. The average molecular weight is 384 g/mol. The molecule has 2 aliphatic rings. The molecule has 5 heteroatoms. The van der Waals surface area contributed by atoms with Crippen LogP contribution in [0.15, 0.2) is 67.1 Å². The molecule has 0 saturated carbocycles. The Morgan fingerprint density at radius 1 is 1.07 bits per heavy atom. The van der Waals surface area contributed by atoms with Crippen molar-refractivity contribution in [2.45, 2.75) is 25.3 Å². The summed E-state index contributed by atoms with van der Waals surface area (Å²) in [5.41, 5.74) is 5.33. The second-order valence-electron chi connectivity index (χ2n) is 8.21. The summed E-state index contributed by atoms with van der Waals surface area (Å²) in [6, 6.07) is 16.1. The molecule has 0 aliphatic carbocycles. The number of pyridine rings is 2. The molecule has 1 atom stereocenters. The second kappa shape index (κ2) is 6.99. The fourth-order valence-electron chi connectivity index (χ4n) is 4.69. The normalized spacial score (nSPS) is 20.3. The molecule has 5 rings (SSSR count). The van der Waals surface area contributed by atoms with Crippen molar-refractivity contribution in [2.24, 2.45) is 0 Å². The van der Waals surface area contributed by atoms with Crippen LogP contribution in [0, 0.1) is 6.92 Å². The molecule has 0 N–H and O–H groups in total. The van der Waals surface area contributed by atoms with Crippen molar-refractivity contribution >= 4 is 11.6 Å². The zero-order valence-corrected chi connectivity index (χ0v) is 16.6. The highest BCUT2D eigenvalue weighted by molar-refractivity contribution is 5.94. The van der Waals surface area contributed by atoms with Gasteiger partial charge in [-0.3, -0.25) is 14.8 Å². The van der Waals surface area contributed by atoms with Crippen LogP contribution in [0.2, 0.25) is 0 Å². The standard InChI is InChI=1S/C24H24N4O/c1-18-6-8-20(9-7-18)23(29)27-13-10-24(16-27)17-28(15-19-4-2-11-25-14-19)21-5-3-12-26-22(21)24/h2-9,11-12,14H,10,13,15-17H2,1H3. The molecular formula is C24H24N4O. The maximum absolute atomic E-state index is 13.1. The molecule has 5 nitrogen and oxygen atoms in total. The van der Waals surface area contributed by atoms with E-state index in [1.807, 2.05) is 60.6 Å². The maximum Gasteiger partial charge on any atom is 0.253 e. The Hall–Kier alpha value is -3.21. The number of hydrogen-bond acceptors (Lipinski definition) is 4. The van der Waals surface area contributed by atoms with Crippen molar-refractivity contribution in [3.63, 3.8) is 0 Å². The fourth-order valence-corrected chi connectivity index (χ4v) is 4.69. The minimum absolute atomic E-state index is 0.0981. The van der Waals surface area contributed by atoms with Gasteiger partial charge in [0.2, 0.25) is 0 Å². The summed E-state index contributed by atoms with van der Waals surface area (Å²) < 4.78 is 0. The van der Waals surface area contributed by atoms with Gasteiger partial charge in [0.15, 0.2) is 0 Å². The molecule has 2 aliphatic heterocycles.